The molecule has 1 unspecified atom stereocenters. The van der Waals surface area contributed by atoms with Crippen molar-refractivity contribution >= 4 is 46.2 Å². The van der Waals surface area contributed by atoms with Gasteiger partial charge in [-0.3, -0.25) is 14.5 Å². The van der Waals surface area contributed by atoms with Gasteiger partial charge in [0.25, 0.3) is 5.91 Å². The van der Waals surface area contributed by atoms with Crippen molar-refractivity contribution in [3.63, 3.8) is 0 Å². The van der Waals surface area contributed by atoms with Crippen LogP contribution in [0.15, 0.2) is 34.3 Å². The van der Waals surface area contributed by atoms with Gasteiger partial charge in [0.05, 0.1) is 10.6 Å². The molecule has 8 heteroatoms. The Hall–Kier alpha value is -1.35. The van der Waals surface area contributed by atoms with Crippen molar-refractivity contribution in [1.82, 2.24) is 14.7 Å². The van der Waals surface area contributed by atoms with Crippen LogP contribution in [-0.4, -0.2) is 71.5 Å². The van der Waals surface area contributed by atoms with Crippen LogP contribution in [0.4, 0.5) is 0 Å². The van der Waals surface area contributed by atoms with Crippen molar-refractivity contribution in [2.45, 2.75) is 5.37 Å². The fraction of sp³-hybridized carbons (Fsp3) is 0.444. The van der Waals surface area contributed by atoms with Gasteiger partial charge in [0.1, 0.15) is 5.37 Å². The maximum Gasteiger partial charge on any atom is 0.264 e. The van der Waals surface area contributed by atoms with E-state index >= 15 is 0 Å². The SMILES string of the molecule is O=C(c1cccs1)N1CCN(CCN2C(=O)CSC2c2ccsc2)CC1. The fourth-order valence-electron chi connectivity index (χ4n) is 3.37. The van der Waals surface area contributed by atoms with E-state index in [2.05, 4.69) is 21.7 Å². The number of thioether (sulfide) groups is 1. The predicted molar refractivity (Wildman–Crippen MR) is 108 cm³/mol. The molecule has 138 valence electrons. The quantitative estimate of drug-likeness (QED) is 0.765. The standard InChI is InChI=1S/C18H21N3O2S3/c22-16-13-26-18(14-3-11-24-12-14)21(16)9-6-19-4-7-20(8-5-19)17(23)15-2-1-10-25-15/h1-3,10-12,18H,4-9,13H2. The number of hydrogen-bond acceptors (Lipinski definition) is 6. The molecule has 0 aliphatic carbocycles. The van der Waals surface area contributed by atoms with E-state index in [9.17, 15) is 9.59 Å². The normalized spacial score (nSPS) is 21.5. The highest BCUT2D eigenvalue weighted by molar-refractivity contribution is 8.00. The van der Waals surface area contributed by atoms with Crippen LogP contribution < -0.4 is 0 Å². The molecule has 0 saturated carbocycles. The summed E-state index contributed by atoms with van der Waals surface area (Å²) in [5.74, 6) is 0.949. The first-order valence-corrected chi connectivity index (χ1v) is 11.6. The highest BCUT2D eigenvalue weighted by atomic mass is 32.2. The van der Waals surface area contributed by atoms with Gasteiger partial charge in [0, 0.05) is 39.3 Å². The van der Waals surface area contributed by atoms with Crippen LogP contribution in [0.3, 0.4) is 0 Å². The topological polar surface area (TPSA) is 43.9 Å². The van der Waals surface area contributed by atoms with E-state index in [4.69, 9.17) is 0 Å². The minimum atomic E-state index is 0.142. The Morgan fingerprint density at radius 2 is 1.96 bits per heavy atom. The number of carbonyl (C=O) groups is 2. The Morgan fingerprint density at radius 3 is 2.65 bits per heavy atom. The number of rotatable bonds is 5. The largest absolute Gasteiger partial charge is 0.335 e. The van der Waals surface area contributed by atoms with Crippen molar-refractivity contribution in [3.05, 3.63) is 44.8 Å². The molecule has 0 bridgehead atoms. The van der Waals surface area contributed by atoms with Gasteiger partial charge in [-0.25, -0.2) is 0 Å². The van der Waals surface area contributed by atoms with Crippen molar-refractivity contribution in [2.24, 2.45) is 0 Å². The Morgan fingerprint density at radius 1 is 1.12 bits per heavy atom. The molecule has 2 saturated heterocycles. The summed E-state index contributed by atoms with van der Waals surface area (Å²) in [6.45, 7) is 4.88. The van der Waals surface area contributed by atoms with Crippen molar-refractivity contribution < 1.29 is 9.59 Å². The van der Waals surface area contributed by atoms with Crippen LogP contribution in [0.5, 0.6) is 0 Å². The van der Waals surface area contributed by atoms with Crippen LogP contribution >= 0.6 is 34.4 Å². The third-order valence-corrected chi connectivity index (χ3v) is 7.66. The third-order valence-electron chi connectivity index (χ3n) is 4.85. The van der Waals surface area contributed by atoms with Gasteiger partial charge in [-0.2, -0.15) is 11.3 Å². The zero-order chi connectivity index (χ0) is 17.9. The van der Waals surface area contributed by atoms with Crippen LogP contribution in [-0.2, 0) is 4.79 Å². The summed E-state index contributed by atoms with van der Waals surface area (Å²) in [6.07, 6.45) is 0. The molecule has 2 aliphatic heterocycles. The van der Waals surface area contributed by atoms with E-state index in [0.717, 1.165) is 44.1 Å². The van der Waals surface area contributed by atoms with Gasteiger partial charge in [-0.1, -0.05) is 6.07 Å². The van der Waals surface area contributed by atoms with Gasteiger partial charge < -0.3 is 9.80 Å². The minimum absolute atomic E-state index is 0.142. The lowest BCUT2D eigenvalue weighted by atomic mass is 10.2. The Bertz CT molecular complexity index is 740. The smallest absolute Gasteiger partial charge is 0.264 e. The molecule has 2 amide bonds. The summed E-state index contributed by atoms with van der Waals surface area (Å²) in [5, 5.41) is 6.31. The molecular formula is C18H21N3O2S3. The van der Waals surface area contributed by atoms with E-state index in [1.807, 2.05) is 27.3 Å². The number of piperazine rings is 1. The van der Waals surface area contributed by atoms with E-state index in [0.29, 0.717) is 5.75 Å². The van der Waals surface area contributed by atoms with Gasteiger partial charge >= 0.3 is 0 Å². The monoisotopic (exact) mass is 407 g/mol. The lowest BCUT2D eigenvalue weighted by Crippen LogP contribution is -2.50. The van der Waals surface area contributed by atoms with Gasteiger partial charge in [-0.15, -0.1) is 23.1 Å². The van der Waals surface area contributed by atoms with Crippen LogP contribution in [0.25, 0.3) is 0 Å². The molecule has 0 radical (unpaired) electrons. The summed E-state index contributed by atoms with van der Waals surface area (Å²) in [5.41, 5.74) is 1.23. The second-order valence-corrected chi connectivity index (χ2v) is 9.21. The van der Waals surface area contributed by atoms with E-state index in [1.54, 1.807) is 23.1 Å². The number of hydrogen-bond donors (Lipinski definition) is 0. The number of nitrogens with zero attached hydrogens (tertiary/aromatic N) is 3. The van der Waals surface area contributed by atoms with E-state index in [1.165, 1.54) is 16.9 Å². The maximum absolute atomic E-state index is 12.4. The summed E-state index contributed by atoms with van der Waals surface area (Å²) in [7, 11) is 0. The first-order chi connectivity index (χ1) is 12.7. The number of thiophene rings is 2. The lowest BCUT2D eigenvalue weighted by Gasteiger charge is -2.35. The Kier molecular flexibility index (Phi) is 5.63. The first kappa shape index (κ1) is 18.0. The summed E-state index contributed by atoms with van der Waals surface area (Å²) < 4.78 is 0. The van der Waals surface area contributed by atoms with Gasteiger partial charge in [0.2, 0.25) is 5.91 Å². The van der Waals surface area contributed by atoms with Crippen molar-refractivity contribution in [3.8, 4) is 0 Å². The molecule has 4 heterocycles. The van der Waals surface area contributed by atoms with Crippen LogP contribution in [0.1, 0.15) is 20.6 Å². The molecule has 26 heavy (non-hydrogen) atoms. The van der Waals surface area contributed by atoms with Crippen LogP contribution in [0.2, 0.25) is 0 Å². The summed E-state index contributed by atoms with van der Waals surface area (Å²) in [4.78, 5) is 31.8. The zero-order valence-corrected chi connectivity index (χ0v) is 16.8. The minimum Gasteiger partial charge on any atom is -0.335 e. The highest BCUT2D eigenvalue weighted by Crippen LogP contribution is 2.39. The molecule has 2 aliphatic rings. The first-order valence-electron chi connectivity index (χ1n) is 8.70. The van der Waals surface area contributed by atoms with Crippen molar-refractivity contribution in [2.75, 3.05) is 45.0 Å². The fourth-order valence-corrected chi connectivity index (χ4v) is 6.03. The molecule has 1 atom stereocenters. The molecular weight excluding hydrogens is 386 g/mol. The van der Waals surface area contributed by atoms with E-state index in [-0.39, 0.29) is 17.2 Å². The predicted octanol–water partition coefficient (Wildman–Crippen LogP) is 2.84. The summed E-state index contributed by atoms with van der Waals surface area (Å²) in [6, 6.07) is 5.92. The molecule has 4 rings (SSSR count). The summed E-state index contributed by atoms with van der Waals surface area (Å²) >= 11 is 4.90. The molecule has 2 aromatic rings. The van der Waals surface area contributed by atoms with Gasteiger partial charge in [-0.05, 0) is 33.8 Å². The molecule has 5 nitrogen and oxygen atoms in total. The van der Waals surface area contributed by atoms with E-state index < -0.39 is 0 Å². The Labute approximate surface area is 165 Å². The average molecular weight is 408 g/mol. The van der Waals surface area contributed by atoms with Crippen LogP contribution in [0, 0.1) is 0 Å². The lowest BCUT2D eigenvalue weighted by molar-refractivity contribution is -0.128. The number of carbonyl (C=O) groups excluding carboxylic acids is 2. The third kappa shape index (κ3) is 3.83. The molecule has 2 fully saturated rings. The highest BCUT2D eigenvalue weighted by Gasteiger charge is 2.33. The second kappa shape index (κ2) is 8.12. The van der Waals surface area contributed by atoms with Crippen molar-refractivity contribution in [1.29, 1.82) is 0 Å². The zero-order valence-electron chi connectivity index (χ0n) is 14.4. The Balaban J connectivity index is 1.28. The molecule has 0 aromatic carbocycles. The maximum atomic E-state index is 12.4. The molecule has 0 spiro atoms. The molecule has 0 N–H and O–H groups in total. The molecule has 2 aromatic heterocycles. The number of amides is 2. The second-order valence-electron chi connectivity index (χ2n) is 6.42. The van der Waals surface area contributed by atoms with Gasteiger partial charge in [0.15, 0.2) is 0 Å². The average Bonchev–Trinajstić information content (AvgIpc) is 3.42.